The van der Waals surface area contributed by atoms with Crippen molar-refractivity contribution < 1.29 is 19.1 Å². The van der Waals surface area contributed by atoms with E-state index in [0.29, 0.717) is 45.6 Å². The highest BCUT2D eigenvalue weighted by molar-refractivity contribution is 5.91. The highest BCUT2D eigenvalue weighted by Gasteiger charge is 2.25. The SMILES string of the molecule is CCOC(=O)N1CCN(C(=O)CCc2c(-c3ccc(OC)cc3)[nH]c3ccccc23)CC1. The number of aromatic amines is 1. The van der Waals surface area contributed by atoms with E-state index in [0.717, 1.165) is 33.5 Å². The third-order valence-corrected chi connectivity index (χ3v) is 5.94. The lowest BCUT2D eigenvalue weighted by Gasteiger charge is -2.34. The minimum absolute atomic E-state index is 0.111. The number of para-hydroxylation sites is 1. The van der Waals surface area contributed by atoms with E-state index in [4.69, 9.17) is 9.47 Å². The van der Waals surface area contributed by atoms with Gasteiger partial charge in [-0.2, -0.15) is 0 Å². The van der Waals surface area contributed by atoms with Gasteiger partial charge in [-0.15, -0.1) is 0 Å². The third kappa shape index (κ3) is 4.56. The van der Waals surface area contributed by atoms with Gasteiger partial charge in [0.05, 0.1) is 13.7 Å². The van der Waals surface area contributed by atoms with Crippen LogP contribution < -0.4 is 4.74 Å². The van der Waals surface area contributed by atoms with Crippen molar-refractivity contribution in [3.63, 3.8) is 0 Å². The fraction of sp³-hybridized carbons (Fsp3) is 0.360. The summed E-state index contributed by atoms with van der Waals surface area (Å²) in [4.78, 5) is 31.8. The molecule has 0 atom stereocenters. The van der Waals surface area contributed by atoms with E-state index in [9.17, 15) is 9.59 Å². The van der Waals surface area contributed by atoms with Gasteiger partial charge < -0.3 is 24.3 Å². The molecule has 1 N–H and O–H groups in total. The Morgan fingerprint density at radius 3 is 2.34 bits per heavy atom. The number of hydrogen-bond donors (Lipinski definition) is 1. The van der Waals surface area contributed by atoms with E-state index in [2.05, 4.69) is 17.1 Å². The number of methoxy groups -OCH3 is 1. The number of nitrogens with zero attached hydrogens (tertiary/aromatic N) is 2. The maximum absolute atomic E-state index is 12.9. The molecular formula is C25H29N3O4. The van der Waals surface area contributed by atoms with Crippen molar-refractivity contribution in [2.24, 2.45) is 0 Å². The molecular weight excluding hydrogens is 406 g/mol. The predicted molar refractivity (Wildman–Crippen MR) is 124 cm³/mol. The molecule has 168 valence electrons. The smallest absolute Gasteiger partial charge is 0.409 e. The number of rotatable bonds is 6. The van der Waals surface area contributed by atoms with Crippen LogP contribution in [0.2, 0.25) is 0 Å². The summed E-state index contributed by atoms with van der Waals surface area (Å²) in [7, 11) is 1.65. The quantitative estimate of drug-likeness (QED) is 0.633. The van der Waals surface area contributed by atoms with Crippen LogP contribution in [0.5, 0.6) is 5.75 Å². The van der Waals surface area contributed by atoms with Gasteiger partial charge in [0, 0.05) is 49.2 Å². The number of H-pyrrole nitrogens is 1. The molecule has 0 bridgehead atoms. The molecule has 7 heteroatoms. The molecule has 1 saturated heterocycles. The van der Waals surface area contributed by atoms with Gasteiger partial charge >= 0.3 is 6.09 Å². The minimum atomic E-state index is -0.303. The van der Waals surface area contributed by atoms with Crippen molar-refractivity contribution in [2.45, 2.75) is 19.8 Å². The standard InChI is InChI=1S/C25H29N3O4/c1-3-32-25(30)28-16-14-27(15-17-28)23(29)13-12-21-20-6-4-5-7-22(20)26-24(21)18-8-10-19(31-2)11-9-18/h4-11,26H,3,12-17H2,1-2H3. The Morgan fingerprint density at radius 2 is 1.66 bits per heavy atom. The van der Waals surface area contributed by atoms with Gasteiger partial charge in [-0.05, 0) is 54.8 Å². The molecule has 3 aromatic rings. The van der Waals surface area contributed by atoms with E-state index in [1.165, 1.54) is 0 Å². The molecule has 2 aromatic carbocycles. The van der Waals surface area contributed by atoms with Crippen LogP contribution in [0.25, 0.3) is 22.2 Å². The lowest BCUT2D eigenvalue weighted by molar-refractivity contribution is -0.132. The lowest BCUT2D eigenvalue weighted by atomic mass is 10.0. The number of ether oxygens (including phenoxy) is 2. The molecule has 1 fully saturated rings. The van der Waals surface area contributed by atoms with Crippen LogP contribution in [0.1, 0.15) is 18.9 Å². The van der Waals surface area contributed by atoms with E-state index >= 15 is 0 Å². The highest BCUT2D eigenvalue weighted by Crippen LogP contribution is 2.32. The average Bonchev–Trinajstić information content (AvgIpc) is 3.21. The zero-order chi connectivity index (χ0) is 22.5. The summed E-state index contributed by atoms with van der Waals surface area (Å²) in [5.41, 5.74) is 4.30. The largest absolute Gasteiger partial charge is 0.497 e. The summed E-state index contributed by atoms with van der Waals surface area (Å²) in [5.74, 6) is 0.919. The number of aromatic nitrogens is 1. The number of fused-ring (bicyclic) bond motifs is 1. The van der Waals surface area contributed by atoms with E-state index in [1.54, 1.807) is 18.9 Å². The maximum Gasteiger partial charge on any atom is 0.409 e. The molecule has 32 heavy (non-hydrogen) atoms. The average molecular weight is 436 g/mol. The number of carbonyl (C=O) groups excluding carboxylic acids is 2. The molecule has 2 amide bonds. The second-order valence-electron chi connectivity index (χ2n) is 7.82. The number of carbonyl (C=O) groups is 2. The zero-order valence-electron chi connectivity index (χ0n) is 18.6. The fourth-order valence-electron chi connectivity index (χ4n) is 4.21. The van der Waals surface area contributed by atoms with Crippen molar-refractivity contribution in [3.05, 3.63) is 54.1 Å². The Morgan fingerprint density at radius 1 is 0.969 bits per heavy atom. The van der Waals surface area contributed by atoms with Gasteiger partial charge in [-0.3, -0.25) is 4.79 Å². The van der Waals surface area contributed by atoms with Gasteiger partial charge in [-0.25, -0.2) is 4.79 Å². The van der Waals surface area contributed by atoms with Gasteiger partial charge in [0.15, 0.2) is 0 Å². The third-order valence-electron chi connectivity index (χ3n) is 5.94. The Bertz CT molecular complexity index is 1080. The Hall–Kier alpha value is -3.48. The Kier molecular flexibility index (Phi) is 6.63. The number of piperazine rings is 1. The Labute approximate surface area is 187 Å². The molecule has 0 unspecified atom stereocenters. The number of aryl methyl sites for hydroxylation is 1. The van der Waals surface area contributed by atoms with Gasteiger partial charge in [0.1, 0.15) is 5.75 Å². The van der Waals surface area contributed by atoms with Crippen LogP contribution in [-0.4, -0.2) is 66.7 Å². The molecule has 0 aliphatic carbocycles. The van der Waals surface area contributed by atoms with Crippen molar-refractivity contribution in [1.82, 2.24) is 14.8 Å². The van der Waals surface area contributed by atoms with Crippen LogP contribution in [0.15, 0.2) is 48.5 Å². The van der Waals surface area contributed by atoms with Crippen LogP contribution in [0.4, 0.5) is 4.79 Å². The molecule has 1 aromatic heterocycles. The second kappa shape index (κ2) is 9.77. The first-order chi connectivity index (χ1) is 15.6. The summed E-state index contributed by atoms with van der Waals surface area (Å²) < 4.78 is 10.3. The second-order valence-corrected chi connectivity index (χ2v) is 7.82. The van der Waals surface area contributed by atoms with Crippen LogP contribution >= 0.6 is 0 Å². The van der Waals surface area contributed by atoms with Crippen molar-refractivity contribution in [2.75, 3.05) is 39.9 Å². The number of benzene rings is 2. The predicted octanol–water partition coefficient (Wildman–Crippen LogP) is 4.08. The van der Waals surface area contributed by atoms with Crippen LogP contribution in [0.3, 0.4) is 0 Å². The lowest BCUT2D eigenvalue weighted by Crippen LogP contribution is -2.50. The summed E-state index contributed by atoms with van der Waals surface area (Å²) in [6.45, 7) is 4.25. The topological polar surface area (TPSA) is 74.9 Å². The van der Waals surface area contributed by atoms with Crippen molar-refractivity contribution >= 4 is 22.9 Å². The van der Waals surface area contributed by atoms with Gasteiger partial charge in [0.25, 0.3) is 0 Å². The van der Waals surface area contributed by atoms with Crippen LogP contribution in [-0.2, 0) is 16.0 Å². The summed E-state index contributed by atoms with van der Waals surface area (Å²) in [6.07, 6.45) is 0.759. The van der Waals surface area contributed by atoms with E-state index < -0.39 is 0 Å². The molecule has 1 aliphatic rings. The molecule has 4 rings (SSSR count). The monoisotopic (exact) mass is 435 g/mol. The Balaban J connectivity index is 1.47. The maximum atomic E-state index is 12.9. The van der Waals surface area contributed by atoms with Gasteiger partial charge in [-0.1, -0.05) is 18.2 Å². The first-order valence-electron chi connectivity index (χ1n) is 11.0. The molecule has 1 aliphatic heterocycles. The first kappa shape index (κ1) is 21.7. The molecule has 0 spiro atoms. The van der Waals surface area contributed by atoms with E-state index in [1.807, 2.05) is 41.3 Å². The number of amides is 2. The van der Waals surface area contributed by atoms with E-state index in [-0.39, 0.29) is 12.0 Å². The van der Waals surface area contributed by atoms with Crippen molar-refractivity contribution in [1.29, 1.82) is 0 Å². The summed E-state index contributed by atoms with van der Waals surface area (Å²) in [5, 5.41) is 1.14. The minimum Gasteiger partial charge on any atom is -0.497 e. The molecule has 2 heterocycles. The zero-order valence-corrected chi connectivity index (χ0v) is 18.6. The van der Waals surface area contributed by atoms with Crippen molar-refractivity contribution in [3.8, 4) is 17.0 Å². The fourth-order valence-corrected chi connectivity index (χ4v) is 4.21. The van der Waals surface area contributed by atoms with Crippen LogP contribution in [0, 0.1) is 0 Å². The normalized spacial score (nSPS) is 13.9. The first-order valence-corrected chi connectivity index (χ1v) is 11.0. The van der Waals surface area contributed by atoms with Gasteiger partial charge in [0.2, 0.25) is 5.91 Å². The highest BCUT2D eigenvalue weighted by atomic mass is 16.6. The summed E-state index contributed by atoms with van der Waals surface area (Å²) in [6, 6.07) is 16.1. The molecule has 0 saturated carbocycles. The molecule has 0 radical (unpaired) electrons. The summed E-state index contributed by atoms with van der Waals surface area (Å²) >= 11 is 0. The molecule has 7 nitrogen and oxygen atoms in total. The number of hydrogen-bond acceptors (Lipinski definition) is 4. The number of nitrogens with one attached hydrogen (secondary N) is 1.